The molecule has 0 fully saturated rings. The highest BCUT2D eigenvalue weighted by molar-refractivity contribution is 7.99. The van der Waals surface area contributed by atoms with E-state index in [1.807, 2.05) is 0 Å². The van der Waals surface area contributed by atoms with Crippen LogP contribution in [0.15, 0.2) is 40.8 Å². The molecule has 18 heavy (non-hydrogen) atoms. The third-order valence-electron chi connectivity index (χ3n) is 2.20. The molecule has 6 heteroatoms. The van der Waals surface area contributed by atoms with Gasteiger partial charge in [-0.15, -0.1) is 11.8 Å². The van der Waals surface area contributed by atoms with E-state index in [1.165, 1.54) is 24.9 Å². The van der Waals surface area contributed by atoms with E-state index in [2.05, 4.69) is 4.74 Å². The van der Waals surface area contributed by atoms with Crippen LogP contribution in [0, 0.1) is 10.1 Å². The van der Waals surface area contributed by atoms with Gasteiger partial charge in [-0.05, 0) is 13.0 Å². The van der Waals surface area contributed by atoms with Crippen molar-refractivity contribution in [3.63, 3.8) is 0 Å². The standard InChI is InChI=1S/C12H13NO4S/c1-9(12(14)17-2)7-8-18-11-6-4-3-5-10(11)13(15)16/h3-7H,8H2,1-2H3. The van der Waals surface area contributed by atoms with Crippen molar-refractivity contribution >= 4 is 23.4 Å². The van der Waals surface area contributed by atoms with Crippen molar-refractivity contribution in [3.8, 4) is 0 Å². The van der Waals surface area contributed by atoms with Gasteiger partial charge in [-0.2, -0.15) is 0 Å². The van der Waals surface area contributed by atoms with E-state index in [9.17, 15) is 14.9 Å². The number of thioether (sulfide) groups is 1. The number of hydrogen-bond acceptors (Lipinski definition) is 5. The lowest BCUT2D eigenvalue weighted by atomic mass is 10.3. The molecule has 0 aliphatic rings. The Morgan fingerprint density at radius 2 is 2.17 bits per heavy atom. The highest BCUT2D eigenvalue weighted by atomic mass is 32.2. The van der Waals surface area contributed by atoms with E-state index >= 15 is 0 Å². The topological polar surface area (TPSA) is 69.4 Å². The summed E-state index contributed by atoms with van der Waals surface area (Å²) >= 11 is 1.31. The van der Waals surface area contributed by atoms with Gasteiger partial charge in [-0.25, -0.2) is 4.79 Å². The fourth-order valence-corrected chi connectivity index (χ4v) is 2.21. The lowest BCUT2D eigenvalue weighted by Crippen LogP contribution is -2.01. The number of nitrogens with zero attached hydrogens (tertiary/aromatic N) is 1. The van der Waals surface area contributed by atoms with Crippen LogP contribution in [0.3, 0.4) is 0 Å². The van der Waals surface area contributed by atoms with Gasteiger partial charge >= 0.3 is 5.97 Å². The van der Waals surface area contributed by atoms with Crippen molar-refractivity contribution in [2.75, 3.05) is 12.9 Å². The van der Waals surface area contributed by atoms with Crippen molar-refractivity contribution in [1.29, 1.82) is 0 Å². The zero-order valence-electron chi connectivity index (χ0n) is 10.1. The summed E-state index contributed by atoms with van der Waals surface area (Å²) in [6.07, 6.45) is 1.69. The van der Waals surface area contributed by atoms with E-state index < -0.39 is 10.9 Å². The fraction of sp³-hybridized carbons (Fsp3) is 0.250. The second-order valence-electron chi connectivity index (χ2n) is 3.41. The van der Waals surface area contributed by atoms with Gasteiger partial charge in [0.15, 0.2) is 0 Å². The summed E-state index contributed by atoms with van der Waals surface area (Å²) in [6, 6.07) is 6.51. The van der Waals surface area contributed by atoms with E-state index in [4.69, 9.17) is 0 Å². The fourth-order valence-electron chi connectivity index (χ4n) is 1.23. The predicted octanol–water partition coefficient (Wildman–Crippen LogP) is 2.81. The molecule has 0 spiro atoms. The second kappa shape index (κ2) is 6.80. The Kier molecular flexibility index (Phi) is 5.38. The maximum atomic E-state index is 11.1. The highest BCUT2D eigenvalue weighted by Crippen LogP contribution is 2.28. The van der Waals surface area contributed by atoms with Gasteiger partial charge in [0, 0.05) is 17.4 Å². The van der Waals surface area contributed by atoms with Gasteiger partial charge in [0.2, 0.25) is 0 Å². The van der Waals surface area contributed by atoms with E-state index in [0.717, 1.165) is 0 Å². The van der Waals surface area contributed by atoms with E-state index in [1.54, 1.807) is 31.2 Å². The van der Waals surface area contributed by atoms with Gasteiger partial charge in [0.25, 0.3) is 5.69 Å². The summed E-state index contributed by atoms with van der Waals surface area (Å²) in [4.78, 5) is 22.1. The van der Waals surface area contributed by atoms with Crippen LogP contribution in [-0.4, -0.2) is 23.8 Å². The Balaban J connectivity index is 2.70. The number of rotatable bonds is 5. The van der Waals surface area contributed by atoms with E-state index in [0.29, 0.717) is 16.2 Å². The van der Waals surface area contributed by atoms with Crippen LogP contribution in [0.4, 0.5) is 5.69 Å². The van der Waals surface area contributed by atoms with Crippen molar-refractivity contribution in [1.82, 2.24) is 0 Å². The summed E-state index contributed by atoms with van der Waals surface area (Å²) in [5.41, 5.74) is 0.565. The molecule has 0 atom stereocenters. The van der Waals surface area contributed by atoms with Crippen LogP contribution >= 0.6 is 11.8 Å². The summed E-state index contributed by atoms with van der Waals surface area (Å²) in [5.74, 6) is 0.0874. The van der Waals surface area contributed by atoms with Gasteiger partial charge < -0.3 is 4.74 Å². The zero-order valence-corrected chi connectivity index (χ0v) is 10.9. The van der Waals surface area contributed by atoms with Crippen molar-refractivity contribution < 1.29 is 14.5 Å². The maximum absolute atomic E-state index is 11.1. The number of methoxy groups -OCH3 is 1. The van der Waals surface area contributed by atoms with Crippen LogP contribution in [0.5, 0.6) is 0 Å². The molecule has 0 amide bonds. The molecule has 0 N–H and O–H groups in total. The predicted molar refractivity (Wildman–Crippen MR) is 69.6 cm³/mol. The molecule has 1 rings (SSSR count). The summed E-state index contributed by atoms with van der Waals surface area (Å²) in [6.45, 7) is 1.64. The van der Waals surface area contributed by atoms with Crippen LogP contribution < -0.4 is 0 Å². The molecule has 0 saturated carbocycles. The molecular formula is C12H13NO4S. The normalized spacial score (nSPS) is 11.1. The van der Waals surface area contributed by atoms with Crippen LogP contribution in [0.2, 0.25) is 0 Å². The number of hydrogen-bond donors (Lipinski definition) is 0. The second-order valence-corrected chi connectivity index (χ2v) is 4.48. The SMILES string of the molecule is COC(=O)C(C)=CCSc1ccccc1[N+](=O)[O-]. The van der Waals surface area contributed by atoms with Crippen molar-refractivity contribution in [2.45, 2.75) is 11.8 Å². The first-order chi connectivity index (χ1) is 8.56. The summed E-state index contributed by atoms with van der Waals surface area (Å²) < 4.78 is 4.55. The third-order valence-corrected chi connectivity index (χ3v) is 3.19. The smallest absolute Gasteiger partial charge is 0.333 e. The molecule has 96 valence electrons. The molecule has 0 bridgehead atoms. The van der Waals surface area contributed by atoms with Gasteiger partial charge in [0.1, 0.15) is 0 Å². The molecule has 1 aromatic carbocycles. The average molecular weight is 267 g/mol. The minimum atomic E-state index is -0.417. The molecule has 0 aromatic heterocycles. The van der Waals surface area contributed by atoms with Gasteiger partial charge in [-0.3, -0.25) is 10.1 Å². The van der Waals surface area contributed by atoms with Gasteiger partial charge in [-0.1, -0.05) is 18.2 Å². The van der Waals surface area contributed by atoms with Crippen molar-refractivity contribution in [2.24, 2.45) is 0 Å². The molecule has 0 aliphatic carbocycles. The zero-order chi connectivity index (χ0) is 13.5. The number of benzene rings is 1. The molecule has 0 unspecified atom stereocenters. The first-order valence-electron chi connectivity index (χ1n) is 5.17. The third kappa shape index (κ3) is 3.89. The lowest BCUT2D eigenvalue weighted by molar-refractivity contribution is -0.387. The number of ether oxygens (including phenoxy) is 1. The molecule has 0 saturated heterocycles. The maximum Gasteiger partial charge on any atom is 0.333 e. The van der Waals surface area contributed by atoms with E-state index in [-0.39, 0.29) is 5.69 Å². The molecule has 0 aliphatic heterocycles. The van der Waals surface area contributed by atoms with Crippen molar-refractivity contribution in [3.05, 3.63) is 46.0 Å². The van der Waals surface area contributed by atoms with Crippen LogP contribution in [0.25, 0.3) is 0 Å². The number of esters is 1. The largest absolute Gasteiger partial charge is 0.466 e. The Hall–Kier alpha value is -1.82. The number of carbonyl (C=O) groups excluding carboxylic acids is 1. The minimum Gasteiger partial charge on any atom is -0.466 e. The first kappa shape index (κ1) is 14.2. The number of carbonyl (C=O) groups is 1. The molecular weight excluding hydrogens is 254 g/mol. The average Bonchev–Trinajstić information content (AvgIpc) is 2.38. The minimum absolute atomic E-state index is 0.0756. The number of nitro groups is 1. The van der Waals surface area contributed by atoms with Crippen LogP contribution in [-0.2, 0) is 9.53 Å². The first-order valence-corrected chi connectivity index (χ1v) is 6.16. The molecule has 0 radical (unpaired) electrons. The Bertz CT molecular complexity index is 485. The number of para-hydroxylation sites is 1. The summed E-state index contributed by atoms with van der Waals surface area (Å²) in [5, 5.41) is 10.8. The number of nitro benzene ring substituents is 1. The highest BCUT2D eigenvalue weighted by Gasteiger charge is 2.12. The summed E-state index contributed by atoms with van der Waals surface area (Å²) in [7, 11) is 1.31. The Morgan fingerprint density at radius 3 is 2.78 bits per heavy atom. The lowest BCUT2D eigenvalue weighted by Gasteiger charge is -2.01. The molecule has 0 heterocycles. The quantitative estimate of drug-likeness (QED) is 0.270. The Morgan fingerprint density at radius 1 is 1.50 bits per heavy atom. The molecule has 1 aromatic rings. The molecule has 5 nitrogen and oxygen atoms in total. The Labute approximate surface area is 109 Å². The van der Waals surface area contributed by atoms with Crippen LogP contribution in [0.1, 0.15) is 6.92 Å². The van der Waals surface area contributed by atoms with Gasteiger partial charge in [0.05, 0.1) is 16.9 Å². The monoisotopic (exact) mass is 267 g/mol.